The molecule has 0 aromatic rings. The molecule has 0 aliphatic carbocycles. The first-order valence-electron chi connectivity index (χ1n) is 10.3. The Labute approximate surface area is 186 Å². The first-order chi connectivity index (χ1) is 14.1. The predicted molar refractivity (Wildman–Crippen MR) is 115 cm³/mol. The van der Waals surface area contributed by atoms with Gasteiger partial charge in [-0.1, -0.05) is 6.92 Å². The number of phosphoric ester groups is 1. The van der Waals surface area contributed by atoms with Crippen molar-refractivity contribution in [2.75, 3.05) is 67.8 Å². The summed E-state index contributed by atoms with van der Waals surface area (Å²) < 4.78 is 37.5. The number of likely N-dealkylation sites (N-methyl/N-ethyl adjacent to an activating group) is 1. The van der Waals surface area contributed by atoms with Crippen LogP contribution in [0.4, 0.5) is 0 Å². The molecule has 2 unspecified atom stereocenters. The smallest absolute Gasteiger partial charge is 0.463 e. The number of methoxy groups -OCH3 is 1. The number of phosphoric acid groups is 1. The number of ether oxygens (including phenoxy) is 3. The average molecular weight is 471 g/mol. The lowest BCUT2D eigenvalue weighted by molar-refractivity contribution is -0.870. The molecular weight excluding hydrogens is 429 g/mol. The molecular formula is C20H41NO9P+. The number of carbonyl (C=O) groups is 2. The third-order valence-electron chi connectivity index (χ3n) is 4.77. The topological polar surface area (TPSA) is 118 Å². The molecule has 0 heterocycles. The zero-order valence-corrected chi connectivity index (χ0v) is 21.2. The van der Waals surface area contributed by atoms with Crippen molar-refractivity contribution in [2.45, 2.75) is 40.5 Å². The van der Waals surface area contributed by atoms with E-state index in [1.165, 1.54) is 7.11 Å². The minimum absolute atomic E-state index is 0.0561. The van der Waals surface area contributed by atoms with Crippen LogP contribution in [0.5, 0.6) is 0 Å². The summed E-state index contributed by atoms with van der Waals surface area (Å²) in [4.78, 5) is 34.7. The fourth-order valence-corrected chi connectivity index (χ4v) is 3.42. The van der Waals surface area contributed by atoms with E-state index in [2.05, 4.69) is 0 Å². The maximum atomic E-state index is 12.6. The quantitative estimate of drug-likeness (QED) is 0.157. The monoisotopic (exact) mass is 470 g/mol. The molecule has 0 fully saturated rings. The van der Waals surface area contributed by atoms with E-state index in [-0.39, 0.29) is 32.8 Å². The Hall–Kier alpha value is -1.03. The van der Waals surface area contributed by atoms with Gasteiger partial charge in [-0.15, -0.1) is 0 Å². The highest BCUT2D eigenvalue weighted by Gasteiger charge is 2.43. The van der Waals surface area contributed by atoms with Crippen LogP contribution in [0.3, 0.4) is 0 Å². The number of hydrogen-bond donors (Lipinski definition) is 1. The van der Waals surface area contributed by atoms with E-state index < -0.39 is 30.6 Å². The van der Waals surface area contributed by atoms with Gasteiger partial charge in [-0.25, -0.2) is 4.57 Å². The van der Waals surface area contributed by atoms with Crippen molar-refractivity contribution in [3.05, 3.63) is 0 Å². The van der Waals surface area contributed by atoms with Gasteiger partial charge in [0.1, 0.15) is 26.4 Å². The van der Waals surface area contributed by atoms with Crippen LogP contribution in [0.25, 0.3) is 0 Å². The zero-order valence-electron chi connectivity index (χ0n) is 20.3. The molecule has 10 nitrogen and oxygen atoms in total. The van der Waals surface area contributed by atoms with Crippen LogP contribution in [0.2, 0.25) is 0 Å². The van der Waals surface area contributed by atoms with Gasteiger partial charge in [0, 0.05) is 7.11 Å². The SMILES string of the molecule is CCC(C)(CC(C)(C)C(=O)OCCOC)C(=O)OCCOP(=O)(O)OCC[N+](C)(C)C. The van der Waals surface area contributed by atoms with Crippen LogP contribution in [-0.2, 0) is 37.4 Å². The summed E-state index contributed by atoms with van der Waals surface area (Å²) in [7, 11) is 3.08. The lowest BCUT2D eigenvalue weighted by atomic mass is 9.72. The molecule has 0 amide bonds. The average Bonchev–Trinajstić information content (AvgIpc) is 2.63. The highest BCUT2D eigenvalue weighted by molar-refractivity contribution is 7.47. The summed E-state index contributed by atoms with van der Waals surface area (Å²) in [5, 5.41) is 0. The van der Waals surface area contributed by atoms with Gasteiger partial charge >= 0.3 is 19.8 Å². The molecule has 2 atom stereocenters. The fraction of sp³-hybridized carbons (Fsp3) is 0.900. The van der Waals surface area contributed by atoms with Crippen molar-refractivity contribution in [3.63, 3.8) is 0 Å². The highest BCUT2D eigenvalue weighted by atomic mass is 31.2. The largest absolute Gasteiger partial charge is 0.472 e. The normalized spacial score (nSPS) is 16.3. The Balaban J connectivity index is 4.61. The van der Waals surface area contributed by atoms with Gasteiger partial charge in [-0.3, -0.25) is 18.6 Å². The van der Waals surface area contributed by atoms with Gasteiger partial charge in [-0.2, -0.15) is 0 Å². The van der Waals surface area contributed by atoms with Gasteiger partial charge in [0.25, 0.3) is 0 Å². The first-order valence-corrected chi connectivity index (χ1v) is 11.8. The second kappa shape index (κ2) is 12.9. The second-order valence-electron chi connectivity index (χ2n) is 9.39. The summed E-state index contributed by atoms with van der Waals surface area (Å²) in [6, 6.07) is 0. The van der Waals surface area contributed by atoms with Crippen LogP contribution in [-0.4, -0.2) is 89.1 Å². The van der Waals surface area contributed by atoms with E-state index in [0.29, 0.717) is 24.1 Å². The molecule has 0 radical (unpaired) electrons. The summed E-state index contributed by atoms with van der Waals surface area (Å²) >= 11 is 0. The molecule has 0 aromatic carbocycles. The zero-order chi connectivity index (χ0) is 24.3. The summed E-state index contributed by atoms with van der Waals surface area (Å²) in [6.07, 6.45) is 0.656. The molecule has 0 spiro atoms. The van der Waals surface area contributed by atoms with E-state index >= 15 is 0 Å². The van der Waals surface area contributed by atoms with Crippen LogP contribution < -0.4 is 0 Å². The molecule has 0 bridgehead atoms. The van der Waals surface area contributed by atoms with Gasteiger partial charge < -0.3 is 23.6 Å². The van der Waals surface area contributed by atoms with Crippen molar-refractivity contribution in [3.8, 4) is 0 Å². The summed E-state index contributed by atoms with van der Waals surface area (Å²) in [6.45, 7) is 7.48. The molecule has 0 aromatic heterocycles. The van der Waals surface area contributed by atoms with E-state index in [9.17, 15) is 19.0 Å². The first kappa shape index (κ1) is 30.0. The predicted octanol–water partition coefficient (Wildman–Crippen LogP) is 2.39. The van der Waals surface area contributed by atoms with Crippen molar-refractivity contribution in [1.29, 1.82) is 0 Å². The van der Waals surface area contributed by atoms with Gasteiger partial charge in [0.2, 0.25) is 0 Å². The number of esters is 2. The maximum absolute atomic E-state index is 12.6. The maximum Gasteiger partial charge on any atom is 0.472 e. The minimum Gasteiger partial charge on any atom is -0.463 e. The van der Waals surface area contributed by atoms with Crippen molar-refractivity contribution < 1.29 is 46.8 Å². The van der Waals surface area contributed by atoms with Gasteiger partial charge in [-0.05, 0) is 33.6 Å². The summed E-state index contributed by atoms with van der Waals surface area (Å²) in [5.41, 5.74) is -1.85. The summed E-state index contributed by atoms with van der Waals surface area (Å²) in [5.74, 6) is -0.942. The van der Waals surface area contributed by atoms with E-state index in [1.54, 1.807) is 20.8 Å². The van der Waals surface area contributed by atoms with Gasteiger partial charge in [0.15, 0.2) is 0 Å². The van der Waals surface area contributed by atoms with E-state index in [0.717, 1.165) is 0 Å². The highest BCUT2D eigenvalue weighted by Crippen LogP contribution is 2.43. The third-order valence-corrected chi connectivity index (χ3v) is 5.78. The number of nitrogens with zero attached hydrogens (tertiary/aromatic N) is 1. The molecule has 0 rings (SSSR count). The Morgan fingerprint density at radius 2 is 1.42 bits per heavy atom. The molecule has 184 valence electrons. The molecule has 11 heteroatoms. The second-order valence-corrected chi connectivity index (χ2v) is 10.8. The van der Waals surface area contributed by atoms with E-state index in [1.807, 2.05) is 28.1 Å². The van der Waals surface area contributed by atoms with Crippen molar-refractivity contribution in [2.24, 2.45) is 10.8 Å². The Morgan fingerprint density at radius 3 is 1.94 bits per heavy atom. The molecule has 0 aliphatic rings. The lowest BCUT2D eigenvalue weighted by Gasteiger charge is -2.33. The minimum atomic E-state index is -4.22. The molecule has 0 saturated heterocycles. The Bertz CT molecular complexity index is 618. The number of carbonyl (C=O) groups excluding carboxylic acids is 2. The van der Waals surface area contributed by atoms with Crippen LogP contribution >= 0.6 is 7.82 Å². The third kappa shape index (κ3) is 12.6. The van der Waals surface area contributed by atoms with Crippen LogP contribution in [0.15, 0.2) is 0 Å². The molecule has 31 heavy (non-hydrogen) atoms. The number of quaternary nitrogens is 1. The lowest BCUT2D eigenvalue weighted by Crippen LogP contribution is -2.39. The van der Waals surface area contributed by atoms with Crippen LogP contribution in [0.1, 0.15) is 40.5 Å². The molecule has 0 aliphatic heterocycles. The Morgan fingerprint density at radius 1 is 0.903 bits per heavy atom. The van der Waals surface area contributed by atoms with E-state index in [4.69, 9.17) is 23.3 Å². The standard InChI is InChI=1S/C20H40NO9P/c1-9-20(4,16-19(2,3)17(22)27-13-12-26-8)18(23)28-14-15-30-31(24,25)29-11-10-21(5,6)7/h9-16H2,1-8H3/p+1. The van der Waals surface area contributed by atoms with Crippen molar-refractivity contribution >= 4 is 19.8 Å². The fourth-order valence-electron chi connectivity index (χ4n) is 2.73. The van der Waals surface area contributed by atoms with Crippen LogP contribution in [0, 0.1) is 10.8 Å². The number of hydrogen-bond acceptors (Lipinski definition) is 8. The molecule has 0 saturated carbocycles. The molecule has 1 N–H and O–H groups in total. The van der Waals surface area contributed by atoms with Crippen molar-refractivity contribution in [1.82, 2.24) is 0 Å². The number of rotatable bonds is 16. The Kier molecular flexibility index (Phi) is 12.4. The van der Waals surface area contributed by atoms with Gasteiger partial charge in [0.05, 0.1) is 45.2 Å².